The van der Waals surface area contributed by atoms with Crippen LogP contribution in [0, 0.1) is 27.2 Å². The van der Waals surface area contributed by atoms with Crippen molar-refractivity contribution in [3.8, 4) is 0 Å². The van der Waals surface area contributed by atoms with E-state index in [0.717, 1.165) is 73.9 Å². The van der Waals surface area contributed by atoms with Crippen LogP contribution in [-0.2, 0) is 30.3 Å². The summed E-state index contributed by atoms with van der Waals surface area (Å²) in [5, 5.41) is 0. The number of benzene rings is 1. The summed E-state index contributed by atoms with van der Waals surface area (Å²) in [6, 6.07) is 8.29. The lowest BCUT2D eigenvalue weighted by Gasteiger charge is -2.59. The molecule has 0 amide bonds. The first kappa shape index (κ1) is 20.3. The van der Waals surface area contributed by atoms with Crippen molar-refractivity contribution in [3.63, 3.8) is 0 Å². The highest BCUT2D eigenvalue weighted by molar-refractivity contribution is 14.2. The normalized spacial score (nSPS) is 37.2. The Kier molecular flexibility index (Phi) is 5.18. The molecule has 6 nitrogen and oxygen atoms in total. The zero-order chi connectivity index (χ0) is 21.0. The Bertz CT molecular complexity index is 870. The van der Waals surface area contributed by atoms with Gasteiger partial charge in [0.15, 0.2) is 3.51 Å². The zero-order valence-electron chi connectivity index (χ0n) is 17.6. The summed E-state index contributed by atoms with van der Waals surface area (Å²) in [6.07, 6.45) is 5.42. The molecule has 0 aromatic heterocycles. The Labute approximate surface area is 192 Å². The van der Waals surface area contributed by atoms with Gasteiger partial charge in [0, 0.05) is 35.0 Å². The monoisotopic (exact) mass is 537 g/mol. The molecular formula is C24H28INO5. The molecule has 0 unspecified atom stereocenters. The molecule has 7 heteroatoms. The van der Waals surface area contributed by atoms with Gasteiger partial charge < -0.3 is 14.2 Å². The fourth-order valence-electron chi connectivity index (χ4n) is 6.51. The molecule has 2 heterocycles. The van der Waals surface area contributed by atoms with E-state index in [2.05, 4.69) is 17.0 Å². The highest BCUT2D eigenvalue weighted by Gasteiger charge is 2.64. The molecule has 4 aliphatic carbocycles. The zero-order valence-corrected chi connectivity index (χ0v) is 19.7. The van der Waals surface area contributed by atoms with Gasteiger partial charge in [0.2, 0.25) is 0 Å². The first-order chi connectivity index (χ1) is 15.1. The van der Waals surface area contributed by atoms with Gasteiger partial charge in [-0.25, -0.2) is 9.59 Å². The van der Waals surface area contributed by atoms with Gasteiger partial charge in [0.25, 0.3) is 5.79 Å². The second-order valence-electron chi connectivity index (χ2n) is 9.73. The third-order valence-electron chi connectivity index (χ3n) is 7.77. The van der Waals surface area contributed by atoms with Crippen LogP contribution >= 0.6 is 20.7 Å². The molecule has 2 saturated heterocycles. The van der Waals surface area contributed by atoms with E-state index in [1.54, 1.807) is 0 Å². The quantitative estimate of drug-likeness (QED) is 0.437. The van der Waals surface area contributed by atoms with Crippen molar-refractivity contribution in [1.29, 1.82) is 0 Å². The lowest BCUT2D eigenvalue weighted by Crippen LogP contribution is -2.65. The van der Waals surface area contributed by atoms with Crippen LogP contribution in [0.2, 0.25) is 0 Å². The van der Waals surface area contributed by atoms with Gasteiger partial charge in [-0.2, -0.15) is 0 Å². The van der Waals surface area contributed by atoms with Gasteiger partial charge >= 0.3 is 11.9 Å². The predicted octanol–water partition coefficient (Wildman–Crippen LogP) is 3.08. The highest BCUT2D eigenvalue weighted by Crippen LogP contribution is 2.60. The minimum Gasteiger partial charge on any atom is -0.418 e. The average molecular weight is 537 g/mol. The lowest BCUT2D eigenvalue weighted by atomic mass is 9.53. The van der Waals surface area contributed by atoms with E-state index in [4.69, 9.17) is 14.2 Å². The van der Waals surface area contributed by atoms with E-state index in [9.17, 15) is 9.59 Å². The number of carbonyl (C=O) groups is 2. The molecular weight excluding hydrogens is 509 g/mol. The molecule has 31 heavy (non-hydrogen) atoms. The maximum Gasteiger partial charge on any atom is 0.354 e. The Morgan fingerprint density at radius 3 is 2.03 bits per heavy atom. The van der Waals surface area contributed by atoms with Crippen molar-refractivity contribution < 1.29 is 23.8 Å². The number of hydrogen-bond acceptors (Lipinski definition) is 6. The molecule has 7 rings (SSSR count). The van der Waals surface area contributed by atoms with Crippen LogP contribution in [-0.4, -0.2) is 52.4 Å². The van der Waals surface area contributed by atoms with Crippen LogP contribution in [0.25, 0.3) is 0 Å². The molecule has 6 fully saturated rings. The van der Waals surface area contributed by atoms with Crippen molar-refractivity contribution >= 4 is 36.2 Å². The summed E-state index contributed by atoms with van der Waals surface area (Å²) in [5.41, 5.74) is 1.24. The Morgan fingerprint density at radius 2 is 1.45 bits per heavy atom. The van der Waals surface area contributed by atoms with Gasteiger partial charge in [-0.1, -0.05) is 32.9 Å². The van der Waals surface area contributed by atoms with Gasteiger partial charge in [-0.3, -0.25) is 4.90 Å². The molecule has 166 valence electrons. The van der Waals surface area contributed by atoms with Crippen molar-refractivity contribution in [1.82, 2.24) is 4.90 Å². The number of hydrogen-bond donors (Lipinski definition) is 0. The third-order valence-corrected chi connectivity index (χ3v) is 10.5. The molecule has 1 aromatic rings. The van der Waals surface area contributed by atoms with Gasteiger partial charge in [0.05, 0.1) is 13.2 Å². The molecule has 2 aliphatic heterocycles. The SMILES string of the molecule is O=C1OC2(OC(=O)C1=Ic1ccc(CN3CCOCC3)cc1)C1CC3CC(C1)CC2C3. The highest BCUT2D eigenvalue weighted by atomic mass is 127. The van der Waals surface area contributed by atoms with Crippen LogP contribution < -0.4 is 0 Å². The van der Waals surface area contributed by atoms with E-state index in [0.29, 0.717) is 0 Å². The Balaban J connectivity index is 1.17. The number of halogens is 1. The first-order valence-electron chi connectivity index (χ1n) is 11.5. The second kappa shape index (κ2) is 7.92. The fourth-order valence-corrected chi connectivity index (χ4v) is 8.52. The maximum atomic E-state index is 13.0. The van der Waals surface area contributed by atoms with Crippen molar-refractivity contribution in [3.05, 3.63) is 33.4 Å². The minimum atomic E-state index is -0.975. The maximum absolute atomic E-state index is 13.0. The Morgan fingerprint density at radius 1 is 0.871 bits per heavy atom. The van der Waals surface area contributed by atoms with E-state index in [1.165, 1.54) is 12.0 Å². The van der Waals surface area contributed by atoms with Crippen LogP contribution in [0.4, 0.5) is 0 Å². The lowest BCUT2D eigenvalue weighted by molar-refractivity contribution is -0.308. The first-order valence-corrected chi connectivity index (χ1v) is 13.6. The standard InChI is InChI=1S/C24H28INO5/c27-22-21(25-20-3-1-15(2-4-20)14-26-5-7-29-8-6-26)23(28)31-24(30-22)18-10-16-9-17(12-18)13-19(24)11-16/h1-4,16-19H,5-14H2. The number of nitrogens with zero attached hydrogens (tertiary/aromatic N) is 1. The van der Waals surface area contributed by atoms with Crippen LogP contribution in [0.15, 0.2) is 24.3 Å². The number of morpholine rings is 1. The largest absolute Gasteiger partial charge is 0.418 e. The summed E-state index contributed by atoms with van der Waals surface area (Å²) in [4.78, 5) is 28.3. The molecule has 4 saturated carbocycles. The van der Waals surface area contributed by atoms with Gasteiger partial charge in [-0.15, -0.1) is 0 Å². The third kappa shape index (κ3) is 3.66. The van der Waals surface area contributed by atoms with E-state index < -0.39 is 38.5 Å². The summed E-state index contributed by atoms with van der Waals surface area (Å²) in [7, 11) is 0. The smallest absolute Gasteiger partial charge is 0.354 e. The topological polar surface area (TPSA) is 65.1 Å². The molecule has 0 radical (unpaired) electrons. The van der Waals surface area contributed by atoms with E-state index >= 15 is 0 Å². The summed E-state index contributed by atoms with van der Waals surface area (Å²) in [5.74, 6) is 0.00445. The molecule has 0 atom stereocenters. The Hall–Kier alpha value is -1.32. The summed E-state index contributed by atoms with van der Waals surface area (Å²) < 4.78 is 18.7. The van der Waals surface area contributed by atoms with Crippen LogP contribution in [0.5, 0.6) is 0 Å². The van der Waals surface area contributed by atoms with Crippen LogP contribution in [0.1, 0.15) is 37.7 Å². The van der Waals surface area contributed by atoms with Crippen molar-refractivity contribution in [2.45, 2.75) is 44.4 Å². The minimum absolute atomic E-state index is 0.191. The van der Waals surface area contributed by atoms with E-state index in [-0.39, 0.29) is 15.3 Å². The van der Waals surface area contributed by atoms with Crippen molar-refractivity contribution in [2.24, 2.45) is 23.7 Å². The predicted molar refractivity (Wildman–Crippen MR) is 122 cm³/mol. The number of carbonyl (C=O) groups excluding carboxylic acids is 2. The van der Waals surface area contributed by atoms with Gasteiger partial charge in [0.1, 0.15) is 0 Å². The van der Waals surface area contributed by atoms with Crippen molar-refractivity contribution in [2.75, 3.05) is 26.3 Å². The summed E-state index contributed by atoms with van der Waals surface area (Å²) >= 11 is -0.929. The molecule has 6 aliphatic rings. The fraction of sp³-hybridized carbons (Fsp3) is 0.625. The number of esters is 2. The molecule has 1 aromatic carbocycles. The van der Waals surface area contributed by atoms with Gasteiger partial charge in [-0.05, 0) is 61.6 Å². The average Bonchev–Trinajstić information content (AvgIpc) is 2.76. The van der Waals surface area contributed by atoms with E-state index in [1.807, 2.05) is 12.1 Å². The molecule has 0 N–H and O–H groups in total. The number of ether oxygens (including phenoxy) is 3. The van der Waals surface area contributed by atoms with Crippen LogP contribution in [0.3, 0.4) is 0 Å². The second-order valence-corrected chi connectivity index (χ2v) is 12.6. The number of rotatable bonds is 3. The molecule has 1 spiro atoms. The molecule has 4 bridgehead atoms. The summed E-state index contributed by atoms with van der Waals surface area (Å²) in [6.45, 7) is 4.38.